The van der Waals surface area contributed by atoms with Gasteiger partial charge < -0.3 is 9.84 Å². The van der Waals surface area contributed by atoms with Gasteiger partial charge in [-0.05, 0) is 43.9 Å². The van der Waals surface area contributed by atoms with E-state index in [1.54, 1.807) is 0 Å². The lowest BCUT2D eigenvalue weighted by atomic mass is 9.61. The van der Waals surface area contributed by atoms with E-state index < -0.39 is 5.60 Å². The molecular formula is C16H30O3. The summed E-state index contributed by atoms with van der Waals surface area (Å²) in [5, 5.41) is 11.1. The fourth-order valence-corrected chi connectivity index (χ4v) is 3.51. The Labute approximate surface area is 117 Å². The summed E-state index contributed by atoms with van der Waals surface area (Å²) in [6.45, 7) is 10.8. The molecule has 1 rings (SSSR count). The molecule has 3 atom stereocenters. The average Bonchev–Trinajstić information content (AvgIpc) is 2.31. The van der Waals surface area contributed by atoms with Gasteiger partial charge in [0.05, 0.1) is 18.1 Å². The van der Waals surface area contributed by atoms with Gasteiger partial charge in [0.15, 0.2) is 0 Å². The van der Waals surface area contributed by atoms with E-state index in [9.17, 15) is 9.90 Å². The molecule has 0 heterocycles. The second-order valence-electron chi connectivity index (χ2n) is 6.85. The summed E-state index contributed by atoms with van der Waals surface area (Å²) in [4.78, 5) is 12.2. The van der Waals surface area contributed by atoms with Crippen LogP contribution in [-0.4, -0.2) is 23.3 Å². The van der Waals surface area contributed by atoms with Gasteiger partial charge >= 0.3 is 5.97 Å². The van der Waals surface area contributed by atoms with Crippen LogP contribution in [0.2, 0.25) is 0 Å². The SMILES string of the molecule is CCCC(C(=O)OCC)C1(O)CCC(C)(C)CC1C. The predicted molar refractivity (Wildman–Crippen MR) is 76.8 cm³/mol. The number of ether oxygens (including phenoxy) is 1. The third-order valence-corrected chi connectivity index (χ3v) is 4.67. The zero-order chi connectivity index (χ0) is 14.7. The van der Waals surface area contributed by atoms with E-state index in [4.69, 9.17) is 4.74 Å². The third kappa shape index (κ3) is 3.71. The van der Waals surface area contributed by atoms with Gasteiger partial charge in [-0.25, -0.2) is 0 Å². The number of hydrogen-bond acceptors (Lipinski definition) is 3. The molecule has 19 heavy (non-hydrogen) atoms. The molecule has 0 aliphatic heterocycles. The Kier molecular flexibility index (Phi) is 5.43. The van der Waals surface area contributed by atoms with Crippen molar-refractivity contribution >= 4 is 5.97 Å². The van der Waals surface area contributed by atoms with Crippen molar-refractivity contribution in [3.05, 3.63) is 0 Å². The Balaban J connectivity index is 2.90. The number of carbonyl (C=O) groups excluding carboxylic acids is 1. The molecule has 1 N–H and O–H groups in total. The molecule has 3 heteroatoms. The Morgan fingerprint density at radius 1 is 1.37 bits per heavy atom. The highest BCUT2D eigenvalue weighted by atomic mass is 16.5. The zero-order valence-corrected chi connectivity index (χ0v) is 13.2. The Bertz CT molecular complexity index is 311. The molecule has 1 aliphatic rings. The normalized spacial score (nSPS) is 31.8. The molecule has 0 amide bonds. The molecule has 0 radical (unpaired) electrons. The van der Waals surface area contributed by atoms with Crippen LogP contribution in [0.4, 0.5) is 0 Å². The van der Waals surface area contributed by atoms with Gasteiger partial charge in [0.2, 0.25) is 0 Å². The summed E-state index contributed by atoms with van der Waals surface area (Å²) >= 11 is 0. The molecule has 1 saturated carbocycles. The Hall–Kier alpha value is -0.570. The highest BCUT2D eigenvalue weighted by Crippen LogP contribution is 2.48. The molecule has 3 nitrogen and oxygen atoms in total. The highest BCUT2D eigenvalue weighted by Gasteiger charge is 2.50. The number of rotatable bonds is 5. The number of carbonyl (C=O) groups is 1. The average molecular weight is 270 g/mol. The predicted octanol–water partition coefficient (Wildman–Crippen LogP) is 3.54. The summed E-state index contributed by atoms with van der Waals surface area (Å²) in [7, 11) is 0. The van der Waals surface area contributed by atoms with Crippen molar-refractivity contribution in [2.24, 2.45) is 17.3 Å². The molecule has 0 saturated heterocycles. The third-order valence-electron chi connectivity index (χ3n) is 4.67. The maximum atomic E-state index is 12.2. The molecule has 0 aromatic heterocycles. The quantitative estimate of drug-likeness (QED) is 0.777. The zero-order valence-electron chi connectivity index (χ0n) is 13.2. The fourth-order valence-electron chi connectivity index (χ4n) is 3.51. The van der Waals surface area contributed by atoms with E-state index in [0.717, 1.165) is 19.3 Å². The van der Waals surface area contributed by atoms with Crippen molar-refractivity contribution in [3.63, 3.8) is 0 Å². The van der Waals surface area contributed by atoms with E-state index in [0.29, 0.717) is 19.4 Å². The van der Waals surface area contributed by atoms with Gasteiger partial charge in [-0.15, -0.1) is 0 Å². The first-order chi connectivity index (χ1) is 8.77. The van der Waals surface area contributed by atoms with Crippen LogP contribution in [0.1, 0.15) is 66.7 Å². The largest absolute Gasteiger partial charge is 0.466 e. The minimum Gasteiger partial charge on any atom is -0.466 e. The Morgan fingerprint density at radius 3 is 2.47 bits per heavy atom. The fraction of sp³-hybridized carbons (Fsp3) is 0.938. The first-order valence-corrected chi connectivity index (χ1v) is 7.66. The summed E-state index contributed by atoms with van der Waals surface area (Å²) in [6, 6.07) is 0. The van der Waals surface area contributed by atoms with Gasteiger partial charge in [-0.1, -0.05) is 34.1 Å². The molecular weight excluding hydrogens is 240 g/mol. The maximum Gasteiger partial charge on any atom is 0.311 e. The van der Waals surface area contributed by atoms with Gasteiger partial charge in [0.25, 0.3) is 0 Å². The summed E-state index contributed by atoms with van der Waals surface area (Å²) < 4.78 is 5.18. The van der Waals surface area contributed by atoms with Crippen LogP contribution in [0.5, 0.6) is 0 Å². The standard InChI is InChI=1S/C16H30O3/c1-6-8-13(14(17)19-7-2)16(18)10-9-15(4,5)11-12(16)3/h12-13,18H,6-11H2,1-5H3. The monoisotopic (exact) mass is 270 g/mol. The van der Waals surface area contributed by atoms with Crippen LogP contribution in [0, 0.1) is 17.3 Å². The topological polar surface area (TPSA) is 46.5 Å². The summed E-state index contributed by atoms with van der Waals surface area (Å²) in [6.07, 6.45) is 4.23. The van der Waals surface area contributed by atoms with Gasteiger partial charge in [-0.2, -0.15) is 0 Å². The summed E-state index contributed by atoms with van der Waals surface area (Å²) in [5.74, 6) is -0.459. The van der Waals surface area contributed by atoms with Crippen LogP contribution >= 0.6 is 0 Å². The van der Waals surface area contributed by atoms with Gasteiger partial charge in [-0.3, -0.25) is 4.79 Å². The van der Waals surface area contributed by atoms with Crippen molar-refractivity contribution < 1.29 is 14.6 Å². The second-order valence-corrected chi connectivity index (χ2v) is 6.85. The lowest BCUT2D eigenvalue weighted by Gasteiger charge is -2.48. The smallest absolute Gasteiger partial charge is 0.311 e. The molecule has 0 spiro atoms. The molecule has 0 bridgehead atoms. The van der Waals surface area contributed by atoms with E-state index in [1.165, 1.54) is 0 Å². The van der Waals surface area contributed by atoms with Crippen LogP contribution in [0.3, 0.4) is 0 Å². The van der Waals surface area contributed by atoms with E-state index >= 15 is 0 Å². The highest BCUT2D eigenvalue weighted by molar-refractivity contribution is 5.74. The van der Waals surface area contributed by atoms with Crippen LogP contribution < -0.4 is 0 Å². The van der Waals surface area contributed by atoms with E-state index in [1.807, 2.05) is 13.8 Å². The van der Waals surface area contributed by atoms with Gasteiger partial charge in [0, 0.05) is 0 Å². The molecule has 3 unspecified atom stereocenters. The van der Waals surface area contributed by atoms with E-state index in [2.05, 4.69) is 20.8 Å². The van der Waals surface area contributed by atoms with E-state index in [-0.39, 0.29) is 23.2 Å². The Morgan fingerprint density at radius 2 is 2.00 bits per heavy atom. The lowest BCUT2D eigenvalue weighted by molar-refractivity contribution is -0.171. The van der Waals surface area contributed by atoms with Crippen molar-refractivity contribution in [3.8, 4) is 0 Å². The number of hydrogen-bond donors (Lipinski definition) is 1. The number of aliphatic hydroxyl groups is 1. The second kappa shape index (κ2) is 6.25. The number of esters is 1. The molecule has 1 fully saturated rings. The van der Waals surface area contributed by atoms with Crippen molar-refractivity contribution in [2.45, 2.75) is 72.3 Å². The minimum absolute atomic E-state index is 0.136. The minimum atomic E-state index is -0.891. The maximum absolute atomic E-state index is 12.2. The molecule has 1 aliphatic carbocycles. The van der Waals surface area contributed by atoms with Gasteiger partial charge in [0.1, 0.15) is 0 Å². The molecule has 0 aromatic carbocycles. The van der Waals surface area contributed by atoms with Crippen molar-refractivity contribution in [1.29, 1.82) is 0 Å². The lowest BCUT2D eigenvalue weighted by Crippen LogP contribution is -2.52. The van der Waals surface area contributed by atoms with Crippen molar-refractivity contribution in [1.82, 2.24) is 0 Å². The first kappa shape index (κ1) is 16.5. The van der Waals surface area contributed by atoms with Crippen LogP contribution in [0.25, 0.3) is 0 Å². The van der Waals surface area contributed by atoms with Crippen LogP contribution in [-0.2, 0) is 9.53 Å². The summed E-state index contributed by atoms with van der Waals surface area (Å²) in [5.41, 5.74) is -0.630. The van der Waals surface area contributed by atoms with Crippen molar-refractivity contribution in [2.75, 3.05) is 6.61 Å². The van der Waals surface area contributed by atoms with Crippen LogP contribution in [0.15, 0.2) is 0 Å². The first-order valence-electron chi connectivity index (χ1n) is 7.66. The molecule has 0 aromatic rings. The molecule has 112 valence electrons.